The fourth-order valence-corrected chi connectivity index (χ4v) is 3.34. The van der Waals surface area contributed by atoms with Crippen LogP contribution in [0.15, 0.2) is 46.9 Å². The van der Waals surface area contributed by atoms with Gasteiger partial charge in [-0.3, -0.25) is 4.99 Å². The van der Waals surface area contributed by atoms with E-state index in [-0.39, 0.29) is 6.54 Å². The molecule has 2 heterocycles. The van der Waals surface area contributed by atoms with E-state index in [0.29, 0.717) is 29.1 Å². The first-order valence-corrected chi connectivity index (χ1v) is 10.3. The van der Waals surface area contributed by atoms with Gasteiger partial charge < -0.3 is 15.4 Å². The number of aliphatic imine (C=N–C) groups is 1. The number of ether oxygens (including phenoxy) is 1. The van der Waals surface area contributed by atoms with E-state index in [1.165, 1.54) is 5.56 Å². The third kappa shape index (κ3) is 6.42. The van der Waals surface area contributed by atoms with Crippen molar-refractivity contribution in [2.24, 2.45) is 4.99 Å². The fourth-order valence-electron chi connectivity index (χ4n) is 2.60. The summed E-state index contributed by atoms with van der Waals surface area (Å²) in [5, 5.41) is 7.39. The Morgan fingerprint density at radius 3 is 2.55 bits per heavy atom. The van der Waals surface area contributed by atoms with E-state index in [2.05, 4.69) is 25.6 Å². The Kier molecular flexibility index (Phi) is 7.11. The molecule has 0 atom stereocenters. The highest BCUT2D eigenvalue weighted by Gasteiger charge is 2.33. The SMILES string of the molecule is CN=C(NCc1ccnc(Oc2ccc(C)c(C)c2)c1)NCc1nc(C(F)(F)F)cs1. The highest BCUT2D eigenvalue weighted by molar-refractivity contribution is 7.09. The van der Waals surface area contributed by atoms with Crippen molar-refractivity contribution in [1.82, 2.24) is 20.6 Å². The molecule has 6 nitrogen and oxygen atoms in total. The van der Waals surface area contributed by atoms with Gasteiger partial charge in [-0.1, -0.05) is 6.07 Å². The standard InChI is InChI=1S/C21H22F3N5OS/c1-13-4-5-16(8-14(13)2)30-18-9-15(6-7-26-18)10-27-20(25-3)28-11-19-29-17(12-31-19)21(22,23)24/h4-9,12H,10-11H2,1-3H3,(H2,25,27,28). The van der Waals surface area contributed by atoms with Crippen LogP contribution in [0.25, 0.3) is 0 Å². The van der Waals surface area contributed by atoms with Crippen LogP contribution in [0.4, 0.5) is 13.2 Å². The maximum atomic E-state index is 12.7. The molecule has 31 heavy (non-hydrogen) atoms. The van der Waals surface area contributed by atoms with Gasteiger partial charge in [0.15, 0.2) is 11.7 Å². The number of alkyl halides is 3. The van der Waals surface area contributed by atoms with E-state index in [4.69, 9.17) is 4.74 Å². The summed E-state index contributed by atoms with van der Waals surface area (Å²) in [6, 6.07) is 9.49. The number of nitrogens with one attached hydrogen (secondary N) is 2. The topological polar surface area (TPSA) is 71.4 Å². The first kappa shape index (κ1) is 22.5. The summed E-state index contributed by atoms with van der Waals surface area (Å²) in [6.07, 6.45) is -2.79. The molecule has 0 bridgehead atoms. The number of benzene rings is 1. The molecule has 2 aromatic heterocycles. The minimum atomic E-state index is -4.44. The summed E-state index contributed by atoms with van der Waals surface area (Å²) in [5.41, 5.74) is 2.34. The van der Waals surface area contributed by atoms with E-state index < -0.39 is 11.9 Å². The number of hydrogen-bond donors (Lipinski definition) is 2. The molecular weight excluding hydrogens is 427 g/mol. The first-order chi connectivity index (χ1) is 14.7. The molecule has 0 aliphatic carbocycles. The van der Waals surface area contributed by atoms with Crippen molar-refractivity contribution in [3.63, 3.8) is 0 Å². The van der Waals surface area contributed by atoms with Crippen LogP contribution >= 0.6 is 11.3 Å². The Morgan fingerprint density at radius 1 is 1.10 bits per heavy atom. The summed E-state index contributed by atoms with van der Waals surface area (Å²) in [4.78, 5) is 11.9. The van der Waals surface area contributed by atoms with Crippen LogP contribution in [-0.4, -0.2) is 23.0 Å². The van der Waals surface area contributed by atoms with E-state index in [9.17, 15) is 13.2 Å². The number of thiazole rings is 1. The van der Waals surface area contributed by atoms with Crippen molar-refractivity contribution < 1.29 is 17.9 Å². The Bertz CT molecular complexity index is 1070. The number of hydrogen-bond acceptors (Lipinski definition) is 5. The van der Waals surface area contributed by atoms with Gasteiger partial charge in [0.2, 0.25) is 5.88 Å². The van der Waals surface area contributed by atoms with Crippen molar-refractivity contribution in [3.8, 4) is 11.6 Å². The van der Waals surface area contributed by atoms with Gasteiger partial charge in [0.25, 0.3) is 0 Å². The second-order valence-corrected chi connectivity index (χ2v) is 7.70. The second-order valence-electron chi connectivity index (χ2n) is 6.75. The van der Waals surface area contributed by atoms with Crippen LogP contribution < -0.4 is 15.4 Å². The lowest BCUT2D eigenvalue weighted by Crippen LogP contribution is -2.36. The second kappa shape index (κ2) is 9.78. The molecule has 3 aromatic rings. The highest BCUT2D eigenvalue weighted by Crippen LogP contribution is 2.30. The molecule has 0 unspecified atom stereocenters. The van der Waals surface area contributed by atoms with Gasteiger partial charge >= 0.3 is 6.18 Å². The summed E-state index contributed by atoms with van der Waals surface area (Å²) in [5.74, 6) is 1.62. The fraction of sp³-hybridized carbons (Fsp3) is 0.286. The van der Waals surface area contributed by atoms with Crippen LogP contribution in [0.5, 0.6) is 11.6 Å². The molecule has 10 heteroatoms. The van der Waals surface area contributed by atoms with Gasteiger partial charge in [-0.25, -0.2) is 9.97 Å². The summed E-state index contributed by atoms with van der Waals surface area (Å²) in [6.45, 7) is 4.62. The monoisotopic (exact) mass is 449 g/mol. The molecule has 0 saturated carbocycles. The zero-order valence-corrected chi connectivity index (χ0v) is 18.1. The minimum absolute atomic E-state index is 0.137. The van der Waals surface area contributed by atoms with E-state index in [0.717, 1.165) is 27.8 Å². The third-order valence-corrected chi connectivity index (χ3v) is 5.28. The summed E-state index contributed by atoms with van der Waals surface area (Å²) >= 11 is 0.947. The summed E-state index contributed by atoms with van der Waals surface area (Å²) in [7, 11) is 1.58. The number of pyridine rings is 1. The predicted octanol–water partition coefficient (Wildman–Crippen LogP) is 4.83. The molecule has 0 aliphatic rings. The Labute approximate surface area is 182 Å². The molecule has 0 radical (unpaired) electrons. The Morgan fingerprint density at radius 2 is 1.87 bits per heavy atom. The van der Waals surface area contributed by atoms with Crippen molar-refractivity contribution in [2.45, 2.75) is 33.1 Å². The van der Waals surface area contributed by atoms with Crippen LogP contribution in [0.3, 0.4) is 0 Å². The largest absolute Gasteiger partial charge is 0.439 e. The maximum Gasteiger partial charge on any atom is 0.434 e. The molecule has 3 rings (SSSR count). The number of rotatable bonds is 6. The summed E-state index contributed by atoms with van der Waals surface area (Å²) < 4.78 is 43.8. The lowest BCUT2D eigenvalue weighted by atomic mass is 10.1. The smallest absolute Gasteiger partial charge is 0.434 e. The van der Waals surface area contributed by atoms with Gasteiger partial charge in [-0.2, -0.15) is 13.2 Å². The zero-order valence-electron chi connectivity index (χ0n) is 17.2. The van der Waals surface area contributed by atoms with Crippen LogP contribution in [0, 0.1) is 13.8 Å². The third-order valence-electron chi connectivity index (χ3n) is 4.43. The Hall–Kier alpha value is -3.14. The molecule has 0 fully saturated rings. The zero-order chi connectivity index (χ0) is 22.4. The Balaban J connectivity index is 1.55. The van der Waals surface area contributed by atoms with E-state index in [1.54, 1.807) is 13.2 Å². The number of nitrogens with zero attached hydrogens (tertiary/aromatic N) is 3. The van der Waals surface area contributed by atoms with Crippen molar-refractivity contribution in [1.29, 1.82) is 0 Å². The lowest BCUT2D eigenvalue weighted by Gasteiger charge is -2.12. The lowest BCUT2D eigenvalue weighted by molar-refractivity contribution is -0.140. The van der Waals surface area contributed by atoms with Crippen molar-refractivity contribution >= 4 is 17.3 Å². The molecule has 164 valence electrons. The van der Waals surface area contributed by atoms with Crippen LogP contribution in [-0.2, 0) is 19.3 Å². The minimum Gasteiger partial charge on any atom is -0.439 e. The van der Waals surface area contributed by atoms with Crippen LogP contribution in [0.2, 0.25) is 0 Å². The van der Waals surface area contributed by atoms with Crippen molar-refractivity contribution in [2.75, 3.05) is 7.05 Å². The quantitative estimate of drug-likeness (QED) is 0.417. The molecule has 0 aliphatic heterocycles. The number of aryl methyl sites for hydroxylation is 2. The van der Waals surface area contributed by atoms with Crippen molar-refractivity contribution in [3.05, 3.63) is 69.3 Å². The van der Waals surface area contributed by atoms with E-state index in [1.807, 2.05) is 44.2 Å². The molecule has 0 amide bonds. The molecule has 2 N–H and O–H groups in total. The van der Waals surface area contributed by atoms with Gasteiger partial charge in [-0.05, 0) is 48.7 Å². The predicted molar refractivity (Wildman–Crippen MR) is 114 cm³/mol. The van der Waals surface area contributed by atoms with Gasteiger partial charge in [0.05, 0.1) is 6.54 Å². The van der Waals surface area contributed by atoms with Crippen LogP contribution in [0.1, 0.15) is 27.4 Å². The van der Waals surface area contributed by atoms with Gasteiger partial charge in [-0.15, -0.1) is 11.3 Å². The first-order valence-electron chi connectivity index (χ1n) is 9.41. The molecule has 0 saturated heterocycles. The molecular formula is C21H22F3N5OS. The van der Waals surface area contributed by atoms with Gasteiger partial charge in [0, 0.05) is 31.2 Å². The highest BCUT2D eigenvalue weighted by atomic mass is 32.1. The average molecular weight is 450 g/mol. The maximum absolute atomic E-state index is 12.7. The number of guanidine groups is 1. The van der Waals surface area contributed by atoms with Gasteiger partial charge in [0.1, 0.15) is 10.8 Å². The number of aromatic nitrogens is 2. The molecule has 0 spiro atoms. The average Bonchev–Trinajstić information content (AvgIpc) is 3.21. The molecule has 1 aromatic carbocycles. The number of halogens is 3. The normalized spacial score (nSPS) is 12.0. The van der Waals surface area contributed by atoms with E-state index >= 15 is 0 Å².